The van der Waals surface area contributed by atoms with Crippen LogP contribution in [0.5, 0.6) is 0 Å². The van der Waals surface area contributed by atoms with Gasteiger partial charge in [-0.3, -0.25) is 13.9 Å². The number of nitrogens with zero attached hydrogens (tertiary/aromatic N) is 2. The molecule has 41 heavy (non-hydrogen) atoms. The van der Waals surface area contributed by atoms with Gasteiger partial charge in [-0.1, -0.05) is 47.5 Å². The predicted molar refractivity (Wildman–Crippen MR) is 152 cm³/mol. The first-order valence-electron chi connectivity index (χ1n) is 12.7. The maximum Gasteiger partial charge on any atom is 0.416 e. The summed E-state index contributed by atoms with van der Waals surface area (Å²) in [6, 6.07) is 14.8. The minimum atomic E-state index is -4.75. The van der Waals surface area contributed by atoms with Crippen molar-refractivity contribution in [3.63, 3.8) is 0 Å². The Morgan fingerprint density at radius 1 is 0.951 bits per heavy atom. The number of hydrogen-bond acceptors (Lipinski definition) is 4. The lowest BCUT2D eigenvalue weighted by atomic mass is 10.1. The van der Waals surface area contributed by atoms with Crippen LogP contribution in [0, 0.1) is 6.92 Å². The van der Waals surface area contributed by atoms with Crippen molar-refractivity contribution in [3.8, 4) is 0 Å². The molecule has 1 atom stereocenters. The summed E-state index contributed by atoms with van der Waals surface area (Å²) in [7, 11) is -4.51. The Hall–Kier alpha value is -3.57. The summed E-state index contributed by atoms with van der Waals surface area (Å²) in [6.45, 7) is 5.77. The first-order valence-corrected chi connectivity index (χ1v) is 14.5. The molecule has 0 saturated carbocycles. The number of benzene rings is 3. The Kier molecular flexibility index (Phi) is 10.1. The third-order valence-electron chi connectivity index (χ3n) is 6.19. The SMILES string of the molecule is Cc1ccc(S(=O)(=O)N(CC(=O)N(Cc2cccc(Cl)c2)[C@@H](C)C(=O)NC(C)C)c2cccc(C(F)(F)F)c2)cc1. The zero-order chi connectivity index (χ0) is 30.5. The van der Waals surface area contributed by atoms with Gasteiger partial charge in [-0.05, 0) is 75.7 Å². The van der Waals surface area contributed by atoms with Crippen molar-refractivity contribution < 1.29 is 31.2 Å². The van der Waals surface area contributed by atoms with Gasteiger partial charge < -0.3 is 10.2 Å². The molecule has 12 heteroatoms. The van der Waals surface area contributed by atoms with Crippen LogP contribution in [0.25, 0.3) is 0 Å². The van der Waals surface area contributed by atoms with Crippen LogP contribution in [0.4, 0.5) is 18.9 Å². The smallest absolute Gasteiger partial charge is 0.352 e. The van der Waals surface area contributed by atoms with Gasteiger partial charge in [0.1, 0.15) is 12.6 Å². The molecule has 0 radical (unpaired) electrons. The van der Waals surface area contributed by atoms with E-state index in [0.29, 0.717) is 21.0 Å². The van der Waals surface area contributed by atoms with E-state index in [9.17, 15) is 31.2 Å². The molecule has 1 N–H and O–H groups in total. The molecule has 0 heterocycles. The molecule has 0 aliphatic carbocycles. The highest BCUT2D eigenvalue weighted by Gasteiger charge is 2.35. The second-order valence-corrected chi connectivity index (χ2v) is 12.2. The first kappa shape index (κ1) is 32.0. The van der Waals surface area contributed by atoms with Crippen LogP contribution >= 0.6 is 11.6 Å². The first-order chi connectivity index (χ1) is 19.1. The van der Waals surface area contributed by atoms with Gasteiger partial charge in [0, 0.05) is 17.6 Å². The number of alkyl halides is 3. The molecule has 3 aromatic rings. The van der Waals surface area contributed by atoms with Crippen molar-refractivity contribution in [1.29, 1.82) is 0 Å². The Bertz CT molecular complexity index is 1500. The zero-order valence-electron chi connectivity index (χ0n) is 22.9. The Labute approximate surface area is 243 Å². The molecular formula is C29H31ClF3N3O4S. The van der Waals surface area contributed by atoms with Gasteiger partial charge >= 0.3 is 6.18 Å². The van der Waals surface area contributed by atoms with Crippen LogP contribution in [0.2, 0.25) is 5.02 Å². The van der Waals surface area contributed by atoms with E-state index in [0.717, 1.165) is 17.7 Å². The van der Waals surface area contributed by atoms with Crippen molar-refractivity contribution in [2.24, 2.45) is 0 Å². The number of carbonyl (C=O) groups excluding carboxylic acids is 2. The van der Waals surface area contributed by atoms with Crippen molar-refractivity contribution in [1.82, 2.24) is 10.2 Å². The quantitative estimate of drug-likeness (QED) is 0.315. The number of hydrogen-bond donors (Lipinski definition) is 1. The highest BCUT2D eigenvalue weighted by atomic mass is 35.5. The topological polar surface area (TPSA) is 86.8 Å². The summed E-state index contributed by atoms with van der Waals surface area (Å²) in [4.78, 5) is 27.7. The van der Waals surface area contributed by atoms with E-state index in [-0.39, 0.29) is 23.2 Å². The highest BCUT2D eigenvalue weighted by Crippen LogP contribution is 2.33. The maximum absolute atomic E-state index is 13.8. The summed E-state index contributed by atoms with van der Waals surface area (Å²) in [5.74, 6) is -1.29. The number of rotatable bonds is 10. The molecule has 0 unspecified atom stereocenters. The summed E-state index contributed by atoms with van der Waals surface area (Å²) < 4.78 is 68.9. The van der Waals surface area contributed by atoms with E-state index >= 15 is 0 Å². The summed E-state index contributed by atoms with van der Waals surface area (Å²) in [5, 5.41) is 3.12. The van der Waals surface area contributed by atoms with E-state index < -0.39 is 46.2 Å². The van der Waals surface area contributed by atoms with E-state index in [4.69, 9.17) is 11.6 Å². The van der Waals surface area contributed by atoms with Gasteiger partial charge in [0.05, 0.1) is 16.1 Å². The molecule has 0 aliphatic heterocycles. The third-order valence-corrected chi connectivity index (χ3v) is 8.21. The summed E-state index contributed by atoms with van der Waals surface area (Å²) >= 11 is 6.11. The second kappa shape index (κ2) is 12.9. The summed E-state index contributed by atoms with van der Waals surface area (Å²) in [5.41, 5.74) is -0.0897. The van der Waals surface area contributed by atoms with E-state index in [1.54, 1.807) is 57.2 Å². The monoisotopic (exact) mass is 609 g/mol. The summed E-state index contributed by atoms with van der Waals surface area (Å²) in [6.07, 6.45) is -4.75. The number of aryl methyl sites for hydroxylation is 1. The van der Waals surface area contributed by atoms with E-state index in [1.165, 1.54) is 30.0 Å². The fourth-order valence-electron chi connectivity index (χ4n) is 4.02. The molecule has 3 aromatic carbocycles. The van der Waals surface area contributed by atoms with Gasteiger partial charge in [0.25, 0.3) is 10.0 Å². The number of nitrogens with one attached hydrogen (secondary N) is 1. The molecule has 220 valence electrons. The van der Waals surface area contributed by atoms with Gasteiger partial charge in [-0.15, -0.1) is 0 Å². The van der Waals surface area contributed by atoms with Gasteiger partial charge in [0.2, 0.25) is 11.8 Å². The fraction of sp³-hybridized carbons (Fsp3) is 0.310. The van der Waals surface area contributed by atoms with Crippen molar-refractivity contribution in [2.45, 2.75) is 57.4 Å². The van der Waals surface area contributed by atoms with Crippen LogP contribution in [0.1, 0.15) is 37.5 Å². The lowest BCUT2D eigenvalue weighted by molar-refractivity contribution is -0.139. The molecule has 0 saturated heterocycles. The fourth-order valence-corrected chi connectivity index (χ4v) is 5.64. The molecule has 0 aliphatic rings. The molecule has 7 nitrogen and oxygen atoms in total. The standard InChI is InChI=1S/C29H31ClF3N3O4S/c1-19(2)34-28(38)21(4)35(17-22-7-5-9-24(30)15-22)27(37)18-36(25-10-6-8-23(16-25)29(31,32)33)41(39,40)26-13-11-20(3)12-14-26/h5-16,19,21H,17-18H2,1-4H3,(H,34,38)/t21-/m0/s1. The second-order valence-electron chi connectivity index (χ2n) is 9.86. The molecule has 0 bridgehead atoms. The largest absolute Gasteiger partial charge is 0.416 e. The van der Waals surface area contributed by atoms with Crippen LogP contribution in [0.3, 0.4) is 0 Å². The molecule has 2 amide bonds. The van der Waals surface area contributed by atoms with Crippen molar-refractivity contribution in [3.05, 3.63) is 94.5 Å². The van der Waals surface area contributed by atoms with Crippen LogP contribution in [-0.4, -0.2) is 43.8 Å². The van der Waals surface area contributed by atoms with Crippen LogP contribution in [0.15, 0.2) is 77.7 Å². The minimum absolute atomic E-state index is 0.104. The number of carbonyl (C=O) groups is 2. The Morgan fingerprint density at radius 3 is 2.17 bits per heavy atom. The molecular weight excluding hydrogens is 579 g/mol. The Morgan fingerprint density at radius 2 is 1.59 bits per heavy atom. The Balaban J connectivity index is 2.10. The molecule has 0 spiro atoms. The lowest BCUT2D eigenvalue weighted by Gasteiger charge is -2.32. The van der Waals surface area contributed by atoms with Gasteiger partial charge in [0.15, 0.2) is 0 Å². The minimum Gasteiger partial charge on any atom is -0.352 e. The van der Waals surface area contributed by atoms with Gasteiger partial charge in [-0.25, -0.2) is 8.42 Å². The predicted octanol–water partition coefficient (Wildman–Crippen LogP) is 5.80. The average molecular weight is 610 g/mol. The molecule has 0 aromatic heterocycles. The van der Waals surface area contributed by atoms with E-state index in [2.05, 4.69) is 5.32 Å². The van der Waals surface area contributed by atoms with E-state index in [1.807, 2.05) is 0 Å². The number of halogens is 4. The number of sulfonamides is 1. The zero-order valence-corrected chi connectivity index (χ0v) is 24.5. The lowest BCUT2D eigenvalue weighted by Crippen LogP contribution is -2.52. The molecule has 0 fully saturated rings. The third kappa shape index (κ3) is 8.23. The average Bonchev–Trinajstić information content (AvgIpc) is 2.89. The number of anilines is 1. The van der Waals surface area contributed by atoms with Gasteiger partial charge in [-0.2, -0.15) is 13.2 Å². The number of amides is 2. The van der Waals surface area contributed by atoms with Crippen molar-refractivity contribution in [2.75, 3.05) is 10.8 Å². The molecule has 3 rings (SSSR count). The normalized spacial score (nSPS) is 12.6. The van der Waals surface area contributed by atoms with Crippen LogP contribution in [-0.2, 0) is 32.3 Å². The van der Waals surface area contributed by atoms with Crippen molar-refractivity contribution >= 4 is 39.1 Å². The highest BCUT2D eigenvalue weighted by molar-refractivity contribution is 7.92. The van der Waals surface area contributed by atoms with Crippen LogP contribution < -0.4 is 9.62 Å². The maximum atomic E-state index is 13.8.